The van der Waals surface area contributed by atoms with E-state index in [0.29, 0.717) is 13.0 Å². The molecule has 0 aromatic rings. The third-order valence-electron chi connectivity index (χ3n) is 7.22. The fourth-order valence-corrected chi connectivity index (χ4v) is 4.96. The maximum atomic E-state index is 13.5. The summed E-state index contributed by atoms with van der Waals surface area (Å²) in [6.45, 7) is 9.75. The fraction of sp³-hybridized carbons (Fsp3) is 0.889. The van der Waals surface area contributed by atoms with Crippen LogP contribution in [0, 0.1) is 16.2 Å². The number of hydrogen-bond donors (Lipinski definition) is 0. The zero-order valence-electron chi connectivity index (χ0n) is 14.4. The highest BCUT2D eigenvalue weighted by molar-refractivity contribution is 6.05. The van der Waals surface area contributed by atoms with Crippen LogP contribution in [0.5, 0.6) is 0 Å². The van der Waals surface area contributed by atoms with Crippen molar-refractivity contribution in [2.45, 2.75) is 72.3 Å². The molecule has 2 aliphatic heterocycles. The minimum atomic E-state index is -0.968. The summed E-state index contributed by atoms with van der Waals surface area (Å²) >= 11 is 0. The van der Waals surface area contributed by atoms with Crippen LogP contribution < -0.4 is 0 Å². The Balaban J connectivity index is 2.00. The standard InChI is InChI=1S/C18H29NO3/c1-5-13-8-6-7-11-19(13)14(20)18-10-9-17(4,16(18,2)3)12-22-15(18)21/h13H,5-12H2,1-4H3/t13-,17-,18-/m0/s1. The van der Waals surface area contributed by atoms with Crippen molar-refractivity contribution in [1.82, 2.24) is 4.90 Å². The molecule has 3 rings (SSSR count). The lowest BCUT2D eigenvalue weighted by molar-refractivity contribution is -0.194. The van der Waals surface area contributed by atoms with E-state index in [-0.39, 0.29) is 28.7 Å². The number of hydrogen-bond acceptors (Lipinski definition) is 3. The molecule has 0 N–H and O–H groups in total. The van der Waals surface area contributed by atoms with Crippen molar-refractivity contribution < 1.29 is 14.3 Å². The molecule has 124 valence electrons. The number of carbonyl (C=O) groups excluding carboxylic acids is 2. The number of esters is 1. The normalized spacial score (nSPS) is 40.5. The van der Waals surface area contributed by atoms with E-state index in [9.17, 15) is 9.59 Å². The molecule has 0 aromatic carbocycles. The minimum Gasteiger partial charge on any atom is -0.464 e. The second-order valence-electron chi connectivity index (χ2n) is 8.22. The molecule has 2 heterocycles. The Morgan fingerprint density at radius 2 is 2.00 bits per heavy atom. The zero-order valence-corrected chi connectivity index (χ0v) is 14.4. The largest absolute Gasteiger partial charge is 0.464 e. The van der Waals surface area contributed by atoms with Gasteiger partial charge in [-0.05, 0) is 43.9 Å². The van der Waals surface area contributed by atoms with Crippen LogP contribution in [0.1, 0.15) is 66.2 Å². The van der Waals surface area contributed by atoms with Crippen LogP contribution in [0.3, 0.4) is 0 Å². The van der Waals surface area contributed by atoms with Crippen LogP contribution in [-0.4, -0.2) is 36.0 Å². The van der Waals surface area contributed by atoms with Crippen LogP contribution in [0.4, 0.5) is 0 Å². The van der Waals surface area contributed by atoms with Gasteiger partial charge in [-0.2, -0.15) is 0 Å². The maximum Gasteiger partial charge on any atom is 0.322 e. The van der Waals surface area contributed by atoms with Gasteiger partial charge < -0.3 is 9.64 Å². The number of likely N-dealkylation sites (tertiary alicyclic amines) is 1. The van der Waals surface area contributed by atoms with Gasteiger partial charge in [0.15, 0.2) is 5.41 Å². The van der Waals surface area contributed by atoms with E-state index in [1.165, 1.54) is 6.42 Å². The van der Waals surface area contributed by atoms with Crippen LogP contribution >= 0.6 is 0 Å². The molecular weight excluding hydrogens is 278 g/mol. The maximum absolute atomic E-state index is 13.5. The molecular formula is C18H29NO3. The van der Waals surface area contributed by atoms with Crippen molar-refractivity contribution in [3.05, 3.63) is 0 Å². The first-order valence-electron chi connectivity index (χ1n) is 8.78. The molecule has 3 aliphatic rings. The van der Waals surface area contributed by atoms with Gasteiger partial charge in [-0.1, -0.05) is 27.7 Å². The van der Waals surface area contributed by atoms with E-state index in [1.807, 2.05) is 4.90 Å². The Morgan fingerprint density at radius 3 is 2.68 bits per heavy atom. The topological polar surface area (TPSA) is 46.6 Å². The first kappa shape index (κ1) is 15.8. The average molecular weight is 307 g/mol. The van der Waals surface area contributed by atoms with Crippen LogP contribution in [-0.2, 0) is 14.3 Å². The molecule has 0 spiro atoms. The number of rotatable bonds is 2. The Morgan fingerprint density at radius 1 is 1.27 bits per heavy atom. The van der Waals surface area contributed by atoms with Gasteiger partial charge in [0.25, 0.3) is 0 Å². The van der Waals surface area contributed by atoms with E-state index < -0.39 is 5.41 Å². The summed E-state index contributed by atoms with van der Waals surface area (Å²) in [6, 6.07) is 0.285. The lowest BCUT2D eigenvalue weighted by atomic mass is 9.57. The number of ether oxygens (including phenoxy) is 1. The van der Waals surface area contributed by atoms with Gasteiger partial charge in [-0.15, -0.1) is 0 Å². The summed E-state index contributed by atoms with van der Waals surface area (Å²) in [4.78, 5) is 28.2. The summed E-state index contributed by atoms with van der Waals surface area (Å²) < 4.78 is 5.50. The molecule has 3 atom stereocenters. The van der Waals surface area contributed by atoms with Gasteiger partial charge in [0.1, 0.15) is 0 Å². The van der Waals surface area contributed by atoms with Crippen molar-refractivity contribution in [3.63, 3.8) is 0 Å². The highest BCUT2D eigenvalue weighted by atomic mass is 16.5. The van der Waals surface area contributed by atoms with E-state index >= 15 is 0 Å². The lowest BCUT2D eigenvalue weighted by Crippen LogP contribution is -2.62. The highest BCUT2D eigenvalue weighted by Crippen LogP contribution is 2.66. The van der Waals surface area contributed by atoms with Crippen molar-refractivity contribution in [3.8, 4) is 0 Å². The molecule has 4 heteroatoms. The third kappa shape index (κ3) is 1.75. The predicted octanol–water partition coefficient (Wildman–Crippen LogP) is 3.15. The van der Waals surface area contributed by atoms with E-state index in [4.69, 9.17) is 4.74 Å². The number of piperidine rings is 1. The summed E-state index contributed by atoms with van der Waals surface area (Å²) in [6.07, 6.45) is 5.79. The third-order valence-corrected chi connectivity index (χ3v) is 7.22. The molecule has 2 saturated heterocycles. The molecule has 1 saturated carbocycles. The molecule has 2 bridgehead atoms. The molecule has 1 amide bonds. The quantitative estimate of drug-likeness (QED) is 0.581. The first-order valence-corrected chi connectivity index (χ1v) is 8.78. The Labute approximate surface area is 133 Å². The van der Waals surface area contributed by atoms with E-state index in [2.05, 4.69) is 27.7 Å². The molecule has 1 aliphatic carbocycles. The smallest absolute Gasteiger partial charge is 0.322 e. The van der Waals surface area contributed by atoms with Gasteiger partial charge in [0.2, 0.25) is 5.91 Å². The summed E-state index contributed by atoms with van der Waals surface area (Å²) in [7, 11) is 0. The summed E-state index contributed by atoms with van der Waals surface area (Å²) in [5, 5.41) is 0. The number of carbonyl (C=O) groups is 2. The molecule has 0 unspecified atom stereocenters. The van der Waals surface area contributed by atoms with Crippen molar-refractivity contribution in [2.75, 3.05) is 13.2 Å². The Bertz CT molecular complexity index is 501. The number of cyclic esters (lactones) is 1. The number of fused-ring (bicyclic) bond motifs is 2. The first-order chi connectivity index (χ1) is 10.3. The highest BCUT2D eigenvalue weighted by Gasteiger charge is 2.72. The summed E-state index contributed by atoms with van der Waals surface area (Å²) in [5.41, 5.74) is -1.40. The van der Waals surface area contributed by atoms with Crippen LogP contribution in [0.15, 0.2) is 0 Å². The second-order valence-corrected chi connectivity index (χ2v) is 8.22. The fourth-order valence-electron chi connectivity index (χ4n) is 4.96. The molecule has 4 nitrogen and oxygen atoms in total. The molecule has 0 radical (unpaired) electrons. The predicted molar refractivity (Wildman–Crippen MR) is 84.2 cm³/mol. The van der Waals surface area contributed by atoms with Crippen molar-refractivity contribution in [2.24, 2.45) is 16.2 Å². The van der Waals surface area contributed by atoms with Crippen LogP contribution in [0.25, 0.3) is 0 Å². The average Bonchev–Trinajstić information content (AvgIpc) is 2.62. The van der Waals surface area contributed by atoms with E-state index in [1.54, 1.807) is 0 Å². The van der Waals surface area contributed by atoms with Gasteiger partial charge in [0, 0.05) is 18.0 Å². The SMILES string of the molecule is CC[C@H]1CCCCN1C(=O)[C@@]12CC[C@@](C)(COC1=O)C2(C)C. The number of amides is 1. The van der Waals surface area contributed by atoms with Crippen molar-refractivity contribution in [1.29, 1.82) is 0 Å². The molecule has 22 heavy (non-hydrogen) atoms. The van der Waals surface area contributed by atoms with Gasteiger partial charge in [-0.3, -0.25) is 9.59 Å². The number of nitrogens with zero attached hydrogens (tertiary/aromatic N) is 1. The monoisotopic (exact) mass is 307 g/mol. The lowest BCUT2D eigenvalue weighted by Gasteiger charge is -2.52. The second kappa shape index (κ2) is 4.97. The van der Waals surface area contributed by atoms with Crippen molar-refractivity contribution >= 4 is 11.9 Å². The zero-order chi connectivity index (χ0) is 16.2. The Hall–Kier alpha value is -1.06. The van der Waals surface area contributed by atoms with Gasteiger partial charge in [-0.25, -0.2) is 0 Å². The van der Waals surface area contributed by atoms with Gasteiger partial charge in [0.05, 0.1) is 6.61 Å². The summed E-state index contributed by atoms with van der Waals surface area (Å²) in [5.74, 6) is -0.240. The Kier molecular flexibility index (Phi) is 3.57. The van der Waals surface area contributed by atoms with Crippen LogP contribution in [0.2, 0.25) is 0 Å². The minimum absolute atomic E-state index is 0.0393. The van der Waals surface area contributed by atoms with E-state index in [0.717, 1.165) is 32.2 Å². The molecule has 0 aromatic heterocycles. The molecule has 3 fully saturated rings. The van der Waals surface area contributed by atoms with Gasteiger partial charge >= 0.3 is 5.97 Å².